The van der Waals surface area contributed by atoms with E-state index in [4.69, 9.17) is 9.47 Å². The highest BCUT2D eigenvalue weighted by Crippen LogP contribution is 2.27. The highest BCUT2D eigenvalue weighted by Gasteiger charge is 2.17. The van der Waals surface area contributed by atoms with Crippen molar-refractivity contribution < 1.29 is 19.1 Å². The molecule has 1 fully saturated rings. The number of carbonyl (C=O) groups is 2. The molecule has 0 radical (unpaired) electrons. The van der Waals surface area contributed by atoms with Crippen LogP contribution in [0.4, 0.5) is 5.69 Å². The summed E-state index contributed by atoms with van der Waals surface area (Å²) < 4.78 is 10.5. The molecule has 148 valence electrons. The quantitative estimate of drug-likeness (QED) is 0.725. The Morgan fingerprint density at radius 2 is 1.86 bits per heavy atom. The molecule has 1 aliphatic rings. The first-order chi connectivity index (χ1) is 13.6. The van der Waals surface area contributed by atoms with Crippen molar-refractivity contribution in [3.63, 3.8) is 0 Å². The van der Waals surface area contributed by atoms with E-state index in [-0.39, 0.29) is 5.91 Å². The summed E-state index contributed by atoms with van der Waals surface area (Å²) in [6.45, 7) is 3.16. The van der Waals surface area contributed by atoms with Gasteiger partial charge in [0, 0.05) is 44.6 Å². The van der Waals surface area contributed by atoms with Crippen molar-refractivity contribution in [2.75, 3.05) is 45.3 Å². The third-order valence-corrected chi connectivity index (χ3v) is 4.71. The Hall–Kier alpha value is -3.29. The number of pyridine rings is 1. The van der Waals surface area contributed by atoms with Gasteiger partial charge in [-0.15, -0.1) is 0 Å². The minimum Gasteiger partial charge on any atom is -0.493 e. The zero-order chi connectivity index (χ0) is 19.9. The number of piperazine rings is 1. The number of hydrogen-bond acceptors (Lipinski definition) is 6. The number of nitrogens with zero attached hydrogens (tertiary/aromatic N) is 3. The number of aromatic nitrogens is 1. The van der Waals surface area contributed by atoms with Crippen LogP contribution >= 0.6 is 0 Å². The normalized spacial score (nSPS) is 13.8. The molecule has 2 aromatic rings. The fraction of sp³-hybridized carbons (Fsp3) is 0.350. The Labute approximate surface area is 164 Å². The molecule has 2 heterocycles. The first-order valence-corrected chi connectivity index (χ1v) is 9.04. The van der Waals surface area contributed by atoms with E-state index in [1.54, 1.807) is 37.4 Å². The summed E-state index contributed by atoms with van der Waals surface area (Å²) in [5, 5.41) is 2.88. The molecule has 28 heavy (non-hydrogen) atoms. The van der Waals surface area contributed by atoms with Gasteiger partial charge < -0.3 is 24.6 Å². The van der Waals surface area contributed by atoms with E-state index >= 15 is 0 Å². The predicted octanol–water partition coefficient (Wildman–Crippen LogP) is 1.31. The molecule has 1 saturated heterocycles. The second-order valence-corrected chi connectivity index (χ2v) is 6.40. The van der Waals surface area contributed by atoms with Crippen LogP contribution in [0.2, 0.25) is 0 Å². The maximum absolute atomic E-state index is 12.5. The van der Waals surface area contributed by atoms with E-state index < -0.39 is 0 Å². The van der Waals surface area contributed by atoms with Crippen molar-refractivity contribution in [3.05, 3.63) is 47.8 Å². The number of ether oxygens (including phenoxy) is 2. The standard InChI is InChI=1S/C20H24N4O4/c1-27-18-4-3-15(11-19(18)28-2)13-22-20(26)17-12-16(5-6-21-17)24-9-7-23(14-25)8-10-24/h3-6,11-12,14H,7-10,13H2,1-2H3,(H,22,26). The third-order valence-electron chi connectivity index (χ3n) is 4.71. The number of carbonyl (C=O) groups excluding carboxylic acids is 2. The molecule has 0 atom stereocenters. The second kappa shape index (κ2) is 9.07. The number of benzene rings is 1. The molecule has 0 aliphatic carbocycles. The molecular formula is C20H24N4O4. The van der Waals surface area contributed by atoms with Crippen LogP contribution in [0.15, 0.2) is 36.5 Å². The third kappa shape index (κ3) is 4.51. The van der Waals surface area contributed by atoms with Crippen molar-refractivity contribution in [2.45, 2.75) is 6.54 Å². The lowest BCUT2D eigenvalue weighted by Crippen LogP contribution is -2.45. The maximum atomic E-state index is 12.5. The Morgan fingerprint density at radius 3 is 2.54 bits per heavy atom. The van der Waals surface area contributed by atoms with Gasteiger partial charge in [0.15, 0.2) is 11.5 Å². The average Bonchev–Trinajstić information content (AvgIpc) is 2.77. The monoisotopic (exact) mass is 384 g/mol. The molecule has 1 N–H and O–H groups in total. The molecule has 0 unspecified atom stereocenters. The summed E-state index contributed by atoms with van der Waals surface area (Å²) >= 11 is 0. The maximum Gasteiger partial charge on any atom is 0.270 e. The zero-order valence-corrected chi connectivity index (χ0v) is 16.1. The predicted molar refractivity (Wildman–Crippen MR) is 105 cm³/mol. The summed E-state index contributed by atoms with van der Waals surface area (Å²) in [5.74, 6) is 1.01. The first kappa shape index (κ1) is 19.5. The van der Waals surface area contributed by atoms with Gasteiger partial charge in [-0.1, -0.05) is 6.07 Å². The molecule has 1 aromatic heterocycles. The van der Waals surface area contributed by atoms with Crippen LogP contribution < -0.4 is 19.7 Å². The van der Waals surface area contributed by atoms with Crippen LogP contribution in [0.25, 0.3) is 0 Å². The van der Waals surface area contributed by atoms with Crippen LogP contribution in [0.5, 0.6) is 11.5 Å². The molecule has 2 amide bonds. The van der Waals surface area contributed by atoms with Crippen molar-refractivity contribution in [3.8, 4) is 11.5 Å². The fourth-order valence-electron chi connectivity index (χ4n) is 3.09. The molecule has 0 spiro atoms. The zero-order valence-electron chi connectivity index (χ0n) is 16.1. The van der Waals surface area contributed by atoms with Gasteiger partial charge >= 0.3 is 0 Å². The summed E-state index contributed by atoms with van der Waals surface area (Å²) in [4.78, 5) is 31.4. The number of rotatable bonds is 7. The van der Waals surface area contributed by atoms with Gasteiger partial charge in [0.1, 0.15) is 5.69 Å². The van der Waals surface area contributed by atoms with E-state index in [2.05, 4.69) is 15.2 Å². The number of methoxy groups -OCH3 is 2. The van der Waals surface area contributed by atoms with E-state index in [9.17, 15) is 9.59 Å². The Bertz CT molecular complexity index is 835. The van der Waals surface area contributed by atoms with E-state index in [1.165, 1.54) is 0 Å². The number of hydrogen-bond donors (Lipinski definition) is 1. The molecule has 8 heteroatoms. The number of amides is 2. The summed E-state index contributed by atoms with van der Waals surface area (Å²) in [5.41, 5.74) is 2.18. The average molecular weight is 384 g/mol. The first-order valence-electron chi connectivity index (χ1n) is 9.04. The van der Waals surface area contributed by atoms with Gasteiger partial charge in [-0.25, -0.2) is 0 Å². The highest BCUT2D eigenvalue weighted by molar-refractivity contribution is 5.93. The topological polar surface area (TPSA) is 84.0 Å². The Balaban J connectivity index is 1.63. The summed E-state index contributed by atoms with van der Waals surface area (Å²) in [6.07, 6.45) is 2.50. The van der Waals surface area contributed by atoms with Crippen LogP contribution in [0.3, 0.4) is 0 Å². The van der Waals surface area contributed by atoms with Gasteiger partial charge in [-0.3, -0.25) is 14.6 Å². The largest absolute Gasteiger partial charge is 0.493 e. The highest BCUT2D eigenvalue weighted by atomic mass is 16.5. The summed E-state index contributed by atoms with van der Waals surface area (Å²) in [6, 6.07) is 9.16. The van der Waals surface area contributed by atoms with Gasteiger partial charge in [0.05, 0.1) is 14.2 Å². The Kier molecular flexibility index (Phi) is 6.31. The van der Waals surface area contributed by atoms with E-state index in [1.807, 2.05) is 18.2 Å². The van der Waals surface area contributed by atoms with Gasteiger partial charge in [0.2, 0.25) is 6.41 Å². The van der Waals surface area contributed by atoms with Crippen molar-refractivity contribution in [1.82, 2.24) is 15.2 Å². The molecule has 8 nitrogen and oxygen atoms in total. The molecule has 3 rings (SSSR count). The second-order valence-electron chi connectivity index (χ2n) is 6.40. The van der Waals surface area contributed by atoms with Crippen LogP contribution in [0, 0.1) is 0 Å². The molecular weight excluding hydrogens is 360 g/mol. The molecule has 1 aliphatic heterocycles. The van der Waals surface area contributed by atoms with Crippen molar-refractivity contribution in [2.24, 2.45) is 0 Å². The van der Waals surface area contributed by atoms with Gasteiger partial charge in [-0.05, 0) is 29.8 Å². The molecule has 0 bridgehead atoms. The van der Waals surface area contributed by atoms with Crippen LogP contribution in [0.1, 0.15) is 16.1 Å². The molecule has 1 aromatic carbocycles. The summed E-state index contributed by atoms with van der Waals surface area (Å²) in [7, 11) is 3.15. The number of nitrogens with one attached hydrogen (secondary N) is 1. The van der Waals surface area contributed by atoms with Gasteiger partial charge in [0.25, 0.3) is 5.91 Å². The van der Waals surface area contributed by atoms with E-state index in [0.717, 1.165) is 30.8 Å². The smallest absolute Gasteiger partial charge is 0.270 e. The minimum absolute atomic E-state index is 0.247. The SMILES string of the molecule is COc1ccc(CNC(=O)c2cc(N3CCN(C=O)CC3)ccn2)cc1OC. The Morgan fingerprint density at radius 1 is 1.11 bits per heavy atom. The molecule has 0 saturated carbocycles. The van der Waals surface area contributed by atoms with Crippen LogP contribution in [-0.4, -0.2) is 62.6 Å². The lowest BCUT2D eigenvalue weighted by molar-refractivity contribution is -0.118. The van der Waals surface area contributed by atoms with Crippen molar-refractivity contribution in [1.29, 1.82) is 0 Å². The minimum atomic E-state index is -0.247. The van der Waals surface area contributed by atoms with Gasteiger partial charge in [-0.2, -0.15) is 0 Å². The number of anilines is 1. The lowest BCUT2D eigenvalue weighted by atomic mass is 10.2. The van der Waals surface area contributed by atoms with Crippen molar-refractivity contribution >= 4 is 18.0 Å². The van der Waals surface area contributed by atoms with Crippen LogP contribution in [-0.2, 0) is 11.3 Å². The lowest BCUT2D eigenvalue weighted by Gasteiger charge is -2.34. The fourth-order valence-corrected chi connectivity index (χ4v) is 3.09. The van der Waals surface area contributed by atoms with E-state index in [0.29, 0.717) is 36.8 Å².